The normalized spacial score (nSPS) is 22.6. The van der Waals surface area contributed by atoms with Gasteiger partial charge in [-0.05, 0) is 31.4 Å². The molecule has 1 aromatic rings. The van der Waals surface area contributed by atoms with Crippen LogP contribution < -0.4 is 10.1 Å². The second-order valence-corrected chi connectivity index (χ2v) is 4.76. The predicted molar refractivity (Wildman–Crippen MR) is 74.4 cm³/mol. The number of nitrogens with one attached hydrogen (secondary N) is 1. The molecule has 0 aliphatic carbocycles. The molecular formula is C15H20N2O2. The van der Waals surface area contributed by atoms with Gasteiger partial charge >= 0.3 is 0 Å². The van der Waals surface area contributed by atoms with Gasteiger partial charge in [-0.1, -0.05) is 13.0 Å². The van der Waals surface area contributed by atoms with Crippen molar-refractivity contribution in [1.82, 2.24) is 0 Å². The molecule has 0 saturated carbocycles. The molecule has 4 nitrogen and oxygen atoms in total. The molecule has 0 aromatic heterocycles. The third-order valence-corrected chi connectivity index (χ3v) is 3.54. The van der Waals surface area contributed by atoms with Crippen LogP contribution in [0.1, 0.15) is 31.7 Å². The van der Waals surface area contributed by atoms with Gasteiger partial charge in [-0.2, -0.15) is 5.26 Å². The zero-order valence-electron chi connectivity index (χ0n) is 11.5. The summed E-state index contributed by atoms with van der Waals surface area (Å²) in [4.78, 5) is 0. The highest BCUT2D eigenvalue weighted by atomic mass is 16.5. The molecular weight excluding hydrogens is 240 g/mol. The van der Waals surface area contributed by atoms with E-state index in [1.165, 1.54) is 0 Å². The minimum absolute atomic E-state index is 0.312. The van der Waals surface area contributed by atoms with Gasteiger partial charge < -0.3 is 14.8 Å². The van der Waals surface area contributed by atoms with E-state index in [4.69, 9.17) is 9.47 Å². The first-order valence-electron chi connectivity index (χ1n) is 6.73. The Labute approximate surface area is 114 Å². The monoisotopic (exact) mass is 260 g/mol. The third kappa shape index (κ3) is 3.18. The molecule has 2 unspecified atom stereocenters. The average Bonchev–Trinajstić information content (AvgIpc) is 2.47. The number of rotatable bonds is 4. The summed E-state index contributed by atoms with van der Waals surface area (Å²) in [5.74, 6) is 0.721. The first kappa shape index (κ1) is 13.7. The van der Waals surface area contributed by atoms with Gasteiger partial charge in [0.1, 0.15) is 11.8 Å². The number of nitrogens with zero attached hydrogens (tertiary/aromatic N) is 1. The Morgan fingerprint density at radius 1 is 1.53 bits per heavy atom. The molecule has 2 rings (SSSR count). The van der Waals surface area contributed by atoms with Crippen molar-refractivity contribution >= 4 is 5.69 Å². The van der Waals surface area contributed by atoms with Crippen molar-refractivity contribution in [2.75, 3.05) is 19.0 Å². The summed E-state index contributed by atoms with van der Waals surface area (Å²) in [5.41, 5.74) is 1.42. The Hall–Kier alpha value is -1.73. The summed E-state index contributed by atoms with van der Waals surface area (Å²) >= 11 is 0. The van der Waals surface area contributed by atoms with Gasteiger partial charge in [0.05, 0.1) is 24.5 Å². The van der Waals surface area contributed by atoms with E-state index in [9.17, 15) is 5.26 Å². The smallest absolute Gasteiger partial charge is 0.143 e. The van der Waals surface area contributed by atoms with E-state index in [2.05, 4.69) is 18.3 Å². The fraction of sp³-hybridized carbons (Fsp3) is 0.533. The number of nitriles is 1. The largest absolute Gasteiger partial charge is 0.495 e. The highest BCUT2D eigenvalue weighted by Gasteiger charge is 2.22. The molecule has 4 heteroatoms. The SMILES string of the molecule is CCC1CC(Nc2c(C#N)cccc2OC)CCO1. The summed E-state index contributed by atoms with van der Waals surface area (Å²) in [6.45, 7) is 2.91. The molecule has 102 valence electrons. The van der Waals surface area contributed by atoms with Crippen LogP contribution in [0.2, 0.25) is 0 Å². The van der Waals surface area contributed by atoms with Gasteiger partial charge in [-0.25, -0.2) is 0 Å². The zero-order chi connectivity index (χ0) is 13.7. The Morgan fingerprint density at radius 3 is 3.05 bits per heavy atom. The minimum Gasteiger partial charge on any atom is -0.495 e. The molecule has 0 spiro atoms. The summed E-state index contributed by atoms with van der Waals surface area (Å²) in [6, 6.07) is 8.06. The zero-order valence-corrected chi connectivity index (χ0v) is 11.5. The lowest BCUT2D eigenvalue weighted by molar-refractivity contribution is 0.00922. The molecule has 0 bridgehead atoms. The molecule has 1 N–H and O–H groups in total. The van der Waals surface area contributed by atoms with E-state index >= 15 is 0 Å². The standard InChI is InChI=1S/C15H20N2O2/c1-3-13-9-12(7-8-19-13)17-15-11(10-16)5-4-6-14(15)18-2/h4-6,12-13,17H,3,7-9H2,1-2H3. The van der Waals surface area contributed by atoms with Crippen molar-refractivity contribution in [3.8, 4) is 11.8 Å². The maximum Gasteiger partial charge on any atom is 0.143 e. The lowest BCUT2D eigenvalue weighted by atomic mass is 10.0. The van der Waals surface area contributed by atoms with Crippen molar-refractivity contribution in [2.45, 2.75) is 38.3 Å². The van der Waals surface area contributed by atoms with Gasteiger partial charge in [-0.15, -0.1) is 0 Å². The van der Waals surface area contributed by atoms with Crippen LogP contribution in [0, 0.1) is 11.3 Å². The number of methoxy groups -OCH3 is 1. The Bertz CT molecular complexity index is 468. The Kier molecular flexibility index (Phi) is 4.64. The number of ether oxygens (including phenoxy) is 2. The highest BCUT2D eigenvalue weighted by molar-refractivity contribution is 5.66. The fourth-order valence-electron chi connectivity index (χ4n) is 2.44. The first-order valence-corrected chi connectivity index (χ1v) is 6.73. The first-order chi connectivity index (χ1) is 9.28. The lowest BCUT2D eigenvalue weighted by Gasteiger charge is -2.30. The molecule has 2 atom stereocenters. The lowest BCUT2D eigenvalue weighted by Crippen LogP contribution is -2.34. The van der Waals surface area contributed by atoms with E-state index in [1.54, 1.807) is 7.11 Å². The summed E-state index contributed by atoms with van der Waals surface area (Å²) < 4.78 is 11.0. The molecule has 19 heavy (non-hydrogen) atoms. The van der Waals surface area contributed by atoms with Gasteiger partial charge in [0.2, 0.25) is 0 Å². The Balaban J connectivity index is 2.16. The number of benzene rings is 1. The van der Waals surface area contributed by atoms with Crippen LogP contribution in [0.3, 0.4) is 0 Å². The molecule has 1 aliphatic heterocycles. The summed E-state index contributed by atoms with van der Waals surface area (Å²) in [7, 11) is 1.63. The molecule has 1 fully saturated rings. The molecule has 1 aliphatic rings. The van der Waals surface area contributed by atoms with Gasteiger partial charge in [0.25, 0.3) is 0 Å². The topological polar surface area (TPSA) is 54.3 Å². The van der Waals surface area contributed by atoms with Gasteiger partial charge in [0.15, 0.2) is 0 Å². The second kappa shape index (κ2) is 6.44. The molecule has 0 radical (unpaired) electrons. The van der Waals surface area contributed by atoms with Crippen molar-refractivity contribution in [3.05, 3.63) is 23.8 Å². The molecule has 1 saturated heterocycles. The average molecular weight is 260 g/mol. The fourth-order valence-corrected chi connectivity index (χ4v) is 2.44. The van der Waals surface area contributed by atoms with E-state index in [0.717, 1.165) is 37.3 Å². The number of hydrogen-bond acceptors (Lipinski definition) is 4. The number of anilines is 1. The second-order valence-electron chi connectivity index (χ2n) is 4.76. The van der Waals surface area contributed by atoms with Gasteiger partial charge in [-0.3, -0.25) is 0 Å². The maximum absolute atomic E-state index is 9.20. The van der Waals surface area contributed by atoms with E-state index < -0.39 is 0 Å². The predicted octanol–water partition coefficient (Wildman–Crippen LogP) is 2.94. The van der Waals surface area contributed by atoms with E-state index in [-0.39, 0.29) is 0 Å². The van der Waals surface area contributed by atoms with E-state index in [1.807, 2.05) is 18.2 Å². The molecule has 1 heterocycles. The van der Waals surface area contributed by atoms with Crippen LogP contribution in [-0.2, 0) is 4.74 Å². The molecule has 0 amide bonds. The van der Waals surface area contributed by atoms with Crippen molar-refractivity contribution in [1.29, 1.82) is 5.26 Å². The van der Waals surface area contributed by atoms with Crippen LogP contribution in [0.5, 0.6) is 5.75 Å². The summed E-state index contributed by atoms with van der Waals surface area (Å²) in [5, 5.41) is 12.7. The summed E-state index contributed by atoms with van der Waals surface area (Å²) in [6.07, 6.45) is 3.26. The maximum atomic E-state index is 9.20. The minimum atomic E-state index is 0.312. The third-order valence-electron chi connectivity index (χ3n) is 3.54. The van der Waals surface area contributed by atoms with Crippen molar-refractivity contribution < 1.29 is 9.47 Å². The van der Waals surface area contributed by atoms with E-state index in [0.29, 0.717) is 17.7 Å². The van der Waals surface area contributed by atoms with Crippen molar-refractivity contribution in [3.63, 3.8) is 0 Å². The van der Waals surface area contributed by atoms with Crippen LogP contribution in [0.15, 0.2) is 18.2 Å². The molecule has 1 aromatic carbocycles. The van der Waals surface area contributed by atoms with Crippen LogP contribution in [0.25, 0.3) is 0 Å². The quantitative estimate of drug-likeness (QED) is 0.904. The number of hydrogen-bond donors (Lipinski definition) is 1. The van der Waals surface area contributed by atoms with Crippen LogP contribution in [-0.4, -0.2) is 25.9 Å². The van der Waals surface area contributed by atoms with Gasteiger partial charge in [0, 0.05) is 12.6 Å². The van der Waals surface area contributed by atoms with Crippen LogP contribution >= 0.6 is 0 Å². The highest BCUT2D eigenvalue weighted by Crippen LogP contribution is 2.30. The van der Waals surface area contributed by atoms with Crippen molar-refractivity contribution in [2.24, 2.45) is 0 Å². The van der Waals surface area contributed by atoms with Crippen LogP contribution in [0.4, 0.5) is 5.69 Å². The Morgan fingerprint density at radius 2 is 2.37 bits per heavy atom. The number of para-hydroxylation sites is 1.